The fraction of sp³-hybridized carbons (Fsp3) is 0.312. The predicted molar refractivity (Wildman–Crippen MR) is 94.6 cm³/mol. The molecule has 7 heteroatoms. The second kappa shape index (κ2) is 8.13. The van der Waals surface area contributed by atoms with Crippen molar-refractivity contribution >= 4 is 40.7 Å². The Morgan fingerprint density at radius 3 is 2.83 bits per heavy atom. The lowest BCUT2D eigenvalue weighted by Crippen LogP contribution is -2.23. The van der Waals surface area contributed by atoms with Crippen LogP contribution >= 0.6 is 23.2 Å². The largest absolute Gasteiger partial charge is 0.344 e. The van der Waals surface area contributed by atoms with Crippen LogP contribution in [0, 0.1) is 0 Å². The number of nitrogens with one attached hydrogen (secondary N) is 1. The van der Waals surface area contributed by atoms with E-state index in [1.807, 2.05) is 11.9 Å². The molecule has 0 bridgehead atoms. The third kappa shape index (κ3) is 4.56. The van der Waals surface area contributed by atoms with E-state index < -0.39 is 0 Å². The summed E-state index contributed by atoms with van der Waals surface area (Å²) in [5.41, 5.74) is 0.720. The van der Waals surface area contributed by atoms with Gasteiger partial charge in [0.25, 0.3) is 5.91 Å². The molecule has 0 aliphatic rings. The molecular formula is C16H18Cl2N4O. The van der Waals surface area contributed by atoms with Crippen LogP contribution in [0.1, 0.15) is 30.3 Å². The number of hydrogen-bond acceptors (Lipinski definition) is 4. The van der Waals surface area contributed by atoms with Gasteiger partial charge in [-0.15, -0.1) is 0 Å². The van der Waals surface area contributed by atoms with Gasteiger partial charge in [0.05, 0.1) is 15.7 Å². The maximum absolute atomic E-state index is 12.3. The highest BCUT2D eigenvalue weighted by Gasteiger charge is 2.13. The Morgan fingerprint density at radius 2 is 2.09 bits per heavy atom. The number of carbonyl (C=O) groups is 1. The minimum atomic E-state index is -0.360. The van der Waals surface area contributed by atoms with Gasteiger partial charge < -0.3 is 10.2 Å². The fourth-order valence-corrected chi connectivity index (χ4v) is 2.29. The Labute approximate surface area is 145 Å². The average molecular weight is 353 g/mol. The van der Waals surface area contributed by atoms with Crippen molar-refractivity contribution in [2.24, 2.45) is 0 Å². The number of rotatable bonds is 6. The van der Waals surface area contributed by atoms with Gasteiger partial charge in [-0.2, -0.15) is 0 Å². The Bertz CT molecular complexity index is 694. The zero-order chi connectivity index (χ0) is 16.8. The number of hydrogen-bond donors (Lipinski definition) is 1. The molecule has 2 aromatic rings. The molecule has 1 amide bonds. The van der Waals surface area contributed by atoms with Gasteiger partial charge in [-0.05, 0) is 24.6 Å². The number of halogens is 2. The molecule has 1 aromatic heterocycles. The first-order valence-electron chi connectivity index (χ1n) is 7.32. The SMILES string of the molecule is CCCCN(C)c1nccc(C(=O)Nc2cccc(Cl)c2Cl)n1. The minimum absolute atomic E-state index is 0.273. The number of carbonyl (C=O) groups excluding carboxylic acids is 1. The van der Waals surface area contributed by atoms with Crippen LogP contribution in [0.5, 0.6) is 0 Å². The Hall–Kier alpha value is -1.85. The molecule has 1 aromatic carbocycles. The normalized spacial score (nSPS) is 10.4. The summed E-state index contributed by atoms with van der Waals surface area (Å²) < 4.78 is 0. The van der Waals surface area contributed by atoms with Crippen molar-refractivity contribution < 1.29 is 4.79 Å². The molecule has 23 heavy (non-hydrogen) atoms. The molecule has 0 atom stereocenters. The molecule has 0 saturated carbocycles. The Kier molecular flexibility index (Phi) is 6.19. The summed E-state index contributed by atoms with van der Waals surface area (Å²) in [5, 5.41) is 3.40. The zero-order valence-corrected chi connectivity index (χ0v) is 14.5. The molecule has 0 aliphatic carbocycles. The zero-order valence-electron chi connectivity index (χ0n) is 13.0. The van der Waals surface area contributed by atoms with E-state index in [1.165, 1.54) is 0 Å². The highest BCUT2D eigenvalue weighted by molar-refractivity contribution is 6.44. The highest BCUT2D eigenvalue weighted by Crippen LogP contribution is 2.29. The van der Waals surface area contributed by atoms with Gasteiger partial charge in [-0.1, -0.05) is 42.6 Å². The third-order valence-electron chi connectivity index (χ3n) is 3.26. The fourth-order valence-electron chi connectivity index (χ4n) is 1.94. The lowest BCUT2D eigenvalue weighted by Gasteiger charge is -2.16. The standard InChI is InChI=1S/C16H18Cl2N4O/c1-3-4-10-22(2)16-19-9-8-13(21-16)15(23)20-12-7-5-6-11(17)14(12)18/h5-9H,3-4,10H2,1-2H3,(H,20,23). The van der Waals surface area contributed by atoms with E-state index in [-0.39, 0.29) is 11.6 Å². The number of amides is 1. The quantitative estimate of drug-likeness (QED) is 0.843. The van der Waals surface area contributed by atoms with Crippen LogP contribution in [-0.4, -0.2) is 29.5 Å². The molecule has 0 unspecified atom stereocenters. The molecule has 0 spiro atoms. The predicted octanol–water partition coefficient (Wildman–Crippen LogP) is 4.27. The Balaban J connectivity index is 2.15. The number of aromatic nitrogens is 2. The summed E-state index contributed by atoms with van der Waals surface area (Å²) in [4.78, 5) is 22.8. The number of unbranched alkanes of at least 4 members (excludes halogenated alkanes) is 1. The Morgan fingerprint density at radius 1 is 1.30 bits per heavy atom. The van der Waals surface area contributed by atoms with Crippen LogP contribution in [0.2, 0.25) is 10.0 Å². The van der Waals surface area contributed by atoms with Crippen LogP contribution in [0.25, 0.3) is 0 Å². The first-order chi connectivity index (χ1) is 11.0. The van der Waals surface area contributed by atoms with E-state index >= 15 is 0 Å². The first kappa shape index (κ1) is 17.5. The van der Waals surface area contributed by atoms with E-state index in [1.54, 1.807) is 30.5 Å². The number of benzene rings is 1. The van der Waals surface area contributed by atoms with Crippen molar-refractivity contribution in [1.29, 1.82) is 0 Å². The van der Waals surface area contributed by atoms with Gasteiger partial charge in [0, 0.05) is 19.8 Å². The second-order valence-electron chi connectivity index (χ2n) is 5.07. The van der Waals surface area contributed by atoms with E-state index in [0.717, 1.165) is 19.4 Å². The molecule has 5 nitrogen and oxygen atoms in total. The van der Waals surface area contributed by atoms with Crippen molar-refractivity contribution in [3.05, 3.63) is 46.2 Å². The minimum Gasteiger partial charge on any atom is -0.344 e. The van der Waals surface area contributed by atoms with Gasteiger partial charge >= 0.3 is 0 Å². The maximum Gasteiger partial charge on any atom is 0.274 e. The van der Waals surface area contributed by atoms with Gasteiger partial charge in [-0.3, -0.25) is 4.79 Å². The number of nitrogens with zero attached hydrogens (tertiary/aromatic N) is 3. The maximum atomic E-state index is 12.3. The summed E-state index contributed by atoms with van der Waals surface area (Å²) in [7, 11) is 1.90. The van der Waals surface area contributed by atoms with Crippen molar-refractivity contribution in [1.82, 2.24) is 9.97 Å². The molecule has 0 saturated heterocycles. The average Bonchev–Trinajstić information content (AvgIpc) is 2.57. The van der Waals surface area contributed by atoms with Crippen molar-refractivity contribution in [3.63, 3.8) is 0 Å². The summed E-state index contributed by atoms with van der Waals surface area (Å²) in [5.74, 6) is 0.157. The summed E-state index contributed by atoms with van der Waals surface area (Å²) in [6.07, 6.45) is 3.69. The molecule has 0 radical (unpaired) electrons. The second-order valence-corrected chi connectivity index (χ2v) is 5.86. The lowest BCUT2D eigenvalue weighted by molar-refractivity contribution is 0.102. The molecule has 1 heterocycles. The lowest BCUT2D eigenvalue weighted by atomic mass is 10.3. The van der Waals surface area contributed by atoms with E-state index in [2.05, 4.69) is 22.2 Å². The highest BCUT2D eigenvalue weighted by atomic mass is 35.5. The van der Waals surface area contributed by atoms with Gasteiger partial charge in [0.1, 0.15) is 5.69 Å². The van der Waals surface area contributed by atoms with Crippen molar-refractivity contribution in [2.45, 2.75) is 19.8 Å². The molecule has 122 valence electrons. The monoisotopic (exact) mass is 352 g/mol. The van der Waals surface area contributed by atoms with E-state index in [0.29, 0.717) is 21.7 Å². The number of anilines is 2. The molecule has 2 rings (SSSR count). The molecule has 0 fully saturated rings. The first-order valence-corrected chi connectivity index (χ1v) is 8.08. The van der Waals surface area contributed by atoms with Crippen LogP contribution < -0.4 is 10.2 Å². The molecular weight excluding hydrogens is 335 g/mol. The molecule has 1 N–H and O–H groups in total. The topological polar surface area (TPSA) is 58.1 Å². The van der Waals surface area contributed by atoms with E-state index in [4.69, 9.17) is 23.2 Å². The smallest absolute Gasteiger partial charge is 0.274 e. The summed E-state index contributed by atoms with van der Waals surface area (Å²) in [6.45, 7) is 2.95. The van der Waals surface area contributed by atoms with Crippen LogP contribution in [0.4, 0.5) is 11.6 Å². The van der Waals surface area contributed by atoms with Gasteiger partial charge in [-0.25, -0.2) is 9.97 Å². The van der Waals surface area contributed by atoms with Crippen LogP contribution in [0.15, 0.2) is 30.5 Å². The van der Waals surface area contributed by atoms with Crippen molar-refractivity contribution in [3.8, 4) is 0 Å². The van der Waals surface area contributed by atoms with Gasteiger partial charge in [0.15, 0.2) is 0 Å². The summed E-state index contributed by atoms with van der Waals surface area (Å²) >= 11 is 12.0. The van der Waals surface area contributed by atoms with Crippen LogP contribution in [-0.2, 0) is 0 Å². The summed E-state index contributed by atoms with van der Waals surface area (Å²) in [6, 6.07) is 6.62. The third-order valence-corrected chi connectivity index (χ3v) is 4.08. The van der Waals surface area contributed by atoms with Crippen molar-refractivity contribution in [2.75, 3.05) is 23.8 Å². The van der Waals surface area contributed by atoms with Crippen LogP contribution in [0.3, 0.4) is 0 Å². The molecule has 0 aliphatic heterocycles. The van der Waals surface area contributed by atoms with E-state index in [9.17, 15) is 4.79 Å². The van der Waals surface area contributed by atoms with Gasteiger partial charge in [0.2, 0.25) is 5.95 Å².